The molecule has 1 heterocycles. The van der Waals surface area contributed by atoms with Crippen LogP contribution in [0, 0.1) is 13.8 Å². The summed E-state index contributed by atoms with van der Waals surface area (Å²) in [6, 6.07) is 13.1. The molecule has 0 spiro atoms. The molecule has 116 valence electrons. The maximum Gasteiger partial charge on any atom is 0.241 e. The Morgan fingerprint density at radius 1 is 1.09 bits per heavy atom. The van der Waals surface area contributed by atoms with Crippen LogP contribution in [0.1, 0.15) is 29.2 Å². The lowest BCUT2D eigenvalue weighted by molar-refractivity contribution is 0.546. The summed E-state index contributed by atoms with van der Waals surface area (Å²) in [4.78, 5) is 1.51. The van der Waals surface area contributed by atoms with Gasteiger partial charge in [0, 0.05) is 10.9 Å². The number of sulfonamides is 1. The van der Waals surface area contributed by atoms with Crippen molar-refractivity contribution in [2.45, 2.75) is 36.1 Å². The van der Waals surface area contributed by atoms with Crippen molar-refractivity contribution in [3.05, 3.63) is 59.2 Å². The van der Waals surface area contributed by atoms with E-state index in [1.807, 2.05) is 38.1 Å². The predicted octanol–water partition coefficient (Wildman–Crippen LogP) is 3.82. The first-order chi connectivity index (χ1) is 10.5. The minimum atomic E-state index is -3.50. The van der Waals surface area contributed by atoms with Gasteiger partial charge in [0.2, 0.25) is 10.0 Å². The van der Waals surface area contributed by atoms with Crippen LogP contribution < -0.4 is 4.72 Å². The Hall–Kier alpha value is -1.30. The second-order valence-corrected chi connectivity index (χ2v) is 8.45. The highest BCUT2D eigenvalue weighted by atomic mass is 32.2. The van der Waals surface area contributed by atoms with E-state index in [1.54, 1.807) is 23.9 Å². The normalized spacial score (nSPS) is 18.0. The maximum absolute atomic E-state index is 12.7. The van der Waals surface area contributed by atoms with Crippen LogP contribution in [0.2, 0.25) is 0 Å². The molecule has 22 heavy (non-hydrogen) atoms. The largest absolute Gasteiger partial charge is 0.241 e. The van der Waals surface area contributed by atoms with Crippen LogP contribution in [0.25, 0.3) is 0 Å². The van der Waals surface area contributed by atoms with Crippen molar-refractivity contribution in [1.82, 2.24) is 4.72 Å². The molecule has 0 aromatic heterocycles. The summed E-state index contributed by atoms with van der Waals surface area (Å²) in [7, 11) is -3.50. The van der Waals surface area contributed by atoms with Gasteiger partial charge in [-0.15, -0.1) is 11.8 Å². The summed E-state index contributed by atoms with van der Waals surface area (Å²) >= 11 is 1.78. The van der Waals surface area contributed by atoms with E-state index in [4.69, 9.17) is 0 Å². The van der Waals surface area contributed by atoms with Gasteiger partial charge in [-0.1, -0.05) is 24.3 Å². The Labute approximate surface area is 136 Å². The molecule has 0 radical (unpaired) electrons. The molecular formula is C17H19NO2S2. The zero-order chi connectivity index (χ0) is 15.7. The molecule has 3 nitrogen and oxygen atoms in total. The van der Waals surface area contributed by atoms with Crippen LogP contribution in [0.4, 0.5) is 0 Å². The topological polar surface area (TPSA) is 46.2 Å². The number of hydrogen-bond acceptors (Lipinski definition) is 3. The van der Waals surface area contributed by atoms with Gasteiger partial charge in [-0.25, -0.2) is 13.1 Å². The first kappa shape index (κ1) is 15.6. The zero-order valence-electron chi connectivity index (χ0n) is 12.7. The average Bonchev–Trinajstić information content (AvgIpc) is 2.50. The van der Waals surface area contributed by atoms with Crippen LogP contribution in [-0.2, 0) is 10.0 Å². The van der Waals surface area contributed by atoms with E-state index in [9.17, 15) is 8.42 Å². The molecule has 5 heteroatoms. The Bertz CT molecular complexity index is 800. The molecule has 2 aromatic rings. The molecule has 1 N–H and O–H groups in total. The minimum Gasteiger partial charge on any atom is -0.207 e. The lowest BCUT2D eigenvalue weighted by Crippen LogP contribution is -2.30. The fourth-order valence-corrected chi connectivity index (χ4v) is 5.06. The molecule has 1 unspecified atom stereocenters. The average molecular weight is 333 g/mol. The third kappa shape index (κ3) is 3.07. The second-order valence-electron chi connectivity index (χ2n) is 5.59. The van der Waals surface area contributed by atoms with Crippen molar-refractivity contribution in [3.63, 3.8) is 0 Å². The number of benzene rings is 2. The van der Waals surface area contributed by atoms with E-state index in [1.165, 1.54) is 4.90 Å². The van der Waals surface area contributed by atoms with E-state index in [2.05, 4.69) is 10.8 Å². The standard InChI is InChI=1S/C17H19NO2S2/c1-12-7-8-14(11-13(12)2)22(19,20)18-16-9-10-21-17-6-4-3-5-15(16)17/h3-8,11,16,18H,9-10H2,1-2H3. The number of thioether (sulfide) groups is 1. The quantitative estimate of drug-likeness (QED) is 0.929. The van der Waals surface area contributed by atoms with E-state index < -0.39 is 10.0 Å². The summed E-state index contributed by atoms with van der Waals surface area (Å²) < 4.78 is 28.2. The van der Waals surface area contributed by atoms with Crippen LogP contribution in [-0.4, -0.2) is 14.2 Å². The Morgan fingerprint density at radius 3 is 2.64 bits per heavy atom. The van der Waals surface area contributed by atoms with Crippen LogP contribution in [0.3, 0.4) is 0 Å². The van der Waals surface area contributed by atoms with E-state index in [0.717, 1.165) is 28.9 Å². The van der Waals surface area contributed by atoms with Gasteiger partial charge in [-0.2, -0.15) is 0 Å². The fourth-order valence-electron chi connectivity index (χ4n) is 2.60. The highest BCUT2D eigenvalue weighted by molar-refractivity contribution is 7.99. The van der Waals surface area contributed by atoms with Gasteiger partial charge >= 0.3 is 0 Å². The fraction of sp³-hybridized carbons (Fsp3) is 0.294. The van der Waals surface area contributed by atoms with Gasteiger partial charge in [0.05, 0.1) is 4.90 Å². The molecule has 2 aromatic carbocycles. The summed E-state index contributed by atoms with van der Waals surface area (Å²) in [5, 5.41) is 0. The Balaban J connectivity index is 1.91. The van der Waals surface area contributed by atoms with Crippen LogP contribution in [0.15, 0.2) is 52.3 Å². The summed E-state index contributed by atoms with van der Waals surface area (Å²) in [5.41, 5.74) is 3.16. The van der Waals surface area contributed by atoms with Crippen molar-refractivity contribution in [2.75, 3.05) is 5.75 Å². The van der Waals surface area contributed by atoms with Gasteiger partial charge in [-0.3, -0.25) is 0 Å². The van der Waals surface area contributed by atoms with Gasteiger partial charge in [0.25, 0.3) is 0 Å². The highest BCUT2D eigenvalue weighted by Crippen LogP contribution is 2.36. The SMILES string of the molecule is Cc1ccc(S(=O)(=O)NC2CCSc3ccccc32)cc1C. The minimum absolute atomic E-state index is 0.149. The van der Waals surface area contributed by atoms with Gasteiger partial charge in [0.1, 0.15) is 0 Å². The maximum atomic E-state index is 12.7. The number of rotatable bonds is 3. The molecule has 0 bridgehead atoms. The van der Waals surface area contributed by atoms with E-state index >= 15 is 0 Å². The third-order valence-electron chi connectivity index (χ3n) is 4.04. The summed E-state index contributed by atoms with van der Waals surface area (Å²) in [6.07, 6.45) is 0.811. The van der Waals surface area contributed by atoms with Crippen molar-refractivity contribution in [3.8, 4) is 0 Å². The summed E-state index contributed by atoms with van der Waals surface area (Å²) in [5.74, 6) is 0.928. The number of hydrogen-bond donors (Lipinski definition) is 1. The van der Waals surface area contributed by atoms with Crippen molar-refractivity contribution in [2.24, 2.45) is 0 Å². The van der Waals surface area contributed by atoms with Gasteiger partial charge in [-0.05, 0) is 60.9 Å². The molecule has 0 amide bonds. The number of nitrogens with one attached hydrogen (secondary N) is 1. The molecule has 1 atom stereocenters. The second kappa shape index (κ2) is 6.07. The zero-order valence-corrected chi connectivity index (χ0v) is 14.3. The highest BCUT2D eigenvalue weighted by Gasteiger charge is 2.26. The molecule has 0 saturated heterocycles. The first-order valence-corrected chi connectivity index (χ1v) is 9.75. The Kier molecular flexibility index (Phi) is 4.30. The smallest absolute Gasteiger partial charge is 0.207 e. The van der Waals surface area contributed by atoms with Crippen molar-refractivity contribution < 1.29 is 8.42 Å². The molecule has 1 aliphatic heterocycles. The van der Waals surface area contributed by atoms with Crippen LogP contribution >= 0.6 is 11.8 Å². The third-order valence-corrected chi connectivity index (χ3v) is 6.64. The number of aryl methyl sites for hydroxylation is 2. The monoisotopic (exact) mass is 333 g/mol. The number of fused-ring (bicyclic) bond motifs is 1. The van der Waals surface area contributed by atoms with Crippen molar-refractivity contribution in [1.29, 1.82) is 0 Å². The molecule has 3 rings (SSSR count). The van der Waals surface area contributed by atoms with Gasteiger partial charge in [0.15, 0.2) is 0 Å². The molecule has 0 fully saturated rings. The van der Waals surface area contributed by atoms with E-state index in [-0.39, 0.29) is 6.04 Å². The predicted molar refractivity (Wildman–Crippen MR) is 90.8 cm³/mol. The summed E-state index contributed by atoms with van der Waals surface area (Å²) in [6.45, 7) is 3.91. The molecular weight excluding hydrogens is 314 g/mol. The van der Waals surface area contributed by atoms with Crippen LogP contribution in [0.5, 0.6) is 0 Å². The molecule has 0 aliphatic carbocycles. The first-order valence-electron chi connectivity index (χ1n) is 7.29. The lowest BCUT2D eigenvalue weighted by atomic mass is 10.1. The van der Waals surface area contributed by atoms with Crippen molar-refractivity contribution >= 4 is 21.8 Å². The van der Waals surface area contributed by atoms with E-state index in [0.29, 0.717) is 4.90 Å². The Morgan fingerprint density at radius 2 is 1.86 bits per heavy atom. The van der Waals surface area contributed by atoms with Gasteiger partial charge < -0.3 is 0 Å². The molecule has 1 aliphatic rings. The molecule has 0 saturated carbocycles. The lowest BCUT2D eigenvalue weighted by Gasteiger charge is -2.25.